The van der Waals surface area contributed by atoms with Crippen LogP contribution in [0.3, 0.4) is 0 Å². The summed E-state index contributed by atoms with van der Waals surface area (Å²) in [5, 5.41) is 14.3. The topological polar surface area (TPSA) is 110 Å². The highest BCUT2D eigenvalue weighted by molar-refractivity contribution is 5.94. The Morgan fingerprint density at radius 1 is 1.23 bits per heavy atom. The number of nitrogens with zero attached hydrogens (tertiary/aromatic N) is 4. The molecule has 0 aliphatic carbocycles. The quantitative estimate of drug-likeness (QED) is 0.769. The van der Waals surface area contributed by atoms with Crippen molar-refractivity contribution >= 4 is 11.9 Å². The molecule has 1 spiro atoms. The van der Waals surface area contributed by atoms with Crippen LogP contribution in [0, 0.1) is 0 Å². The van der Waals surface area contributed by atoms with E-state index in [1.807, 2.05) is 6.92 Å². The minimum Gasteiger partial charge on any atom is -0.494 e. The van der Waals surface area contributed by atoms with E-state index in [0.29, 0.717) is 56.2 Å². The number of hydrogen-bond donors (Lipinski definition) is 2. The van der Waals surface area contributed by atoms with Gasteiger partial charge in [-0.2, -0.15) is 0 Å². The van der Waals surface area contributed by atoms with Gasteiger partial charge in [-0.1, -0.05) is 0 Å². The number of methoxy groups -OCH3 is 1. The van der Waals surface area contributed by atoms with E-state index in [1.165, 1.54) is 0 Å². The normalized spacial score (nSPS) is 25.7. The van der Waals surface area contributed by atoms with Gasteiger partial charge in [0.15, 0.2) is 5.75 Å². The first-order valence-corrected chi connectivity index (χ1v) is 10.1. The van der Waals surface area contributed by atoms with E-state index in [1.54, 1.807) is 44.0 Å². The van der Waals surface area contributed by atoms with Crippen LogP contribution >= 0.6 is 0 Å². The Labute approximate surface area is 175 Å². The van der Waals surface area contributed by atoms with Crippen LogP contribution in [0.25, 0.3) is 0 Å². The van der Waals surface area contributed by atoms with E-state index in [-0.39, 0.29) is 5.91 Å². The minimum absolute atomic E-state index is 0.222. The number of carbonyl (C=O) groups excluding carboxylic acids is 1. The number of hydrogen-bond acceptors (Lipinski definition) is 8. The van der Waals surface area contributed by atoms with Crippen molar-refractivity contribution in [2.45, 2.75) is 43.4 Å². The molecule has 4 rings (SSSR count). The molecule has 2 N–H and O–H groups in total. The van der Waals surface area contributed by atoms with Crippen molar-refractivity contribution in [2.24, 2.45) is 0 Å². The van der Waals surface area contributed by atoms with Crippen LogP contribution in [0.2, 0.25) is 0 Å². The Kier molecular flexibility index (Phi) is 5.57. The molecule has 0 radical (unpaired) electrons. The fourth-order valence-electron chi connectivity index (χ4n) is 4.31. The number of nitrogens with one attached hydrogen (secondary N) is 1. The van der Waals surface area contributed by atoms with Crippen LogP contribution in [-0.2, 0) is 4.74 Å². The molecule has 1 amide bonds. The van der Waals surface area contributed by atoms with Gasteiger partial charge in [0, 0.05) is 37.7 Å². The molecule has 4 heterocycles. The molecule has 9 heteroatoms. The zero-order valence-corrected chi connectivity index (χ0v) is 17.2. The standard InChI is InChI=1S/C21H27N5O4/c1-20(25-17(27)15-3-8-22-9-4-15)7-12-30-21(18(20)28)5-10-26(11-6-21)19-23-13-16(29-2)14-24-19/h3-4,8-9,13-14,18,28H,5-7,10-12H2,1-2H3,(H,25,27)/t18-,20+/m0/s1. The summed E-state index contributed by atoms with van der Waals surface area (Å²) in [7, 11) is 1.58. The van der Waals surface area contributed by atoms with Crippen LogP contribution in [0.1, 0.15) is 36.5 Å². The van der Waals surface area contributed by atoms with E-state index < -0.39 is 17.2 Å². The lowest BCUT2D eigenvalue weighted by molar-refractivity contribution is -0.195. The van der Waals surface area contributed by atoms with Crippen molar-refractivity contribution in [2.75, 3.05) is 31.7 Å². The molecule has 2 aliphatic heterocycles. The Hall–Kier alpha value is -2.78. The SMILES string of the molecule is COc1cnc(N2CCC3(CC2)OCC[C@@](C)(NC(=O)c2ccncc2)[C@@H]3O)nc1. The summed E-state index contributed by atoms with van der Waals surface area (Å²) in [5.74, 6) is 1.02. The number of pyridine rings is 1. The summed E-state index contributed by atoms with van der Waals surface area (Å²) in [5.41, 5.74) is -0.968. The molecule has 160 valence electrons. The van der Waals surface area contributed by atoms with Gasteiger partial charge in [0.25, 0.3) is 5.91 Å². The largest absolute Gasteiger partial charge is 0.494 e. The number of piperidine rings is 1. The summed E-state index contributed by atoms with van der Waals surface area (Å²) in [4.78, 5) is 27.4. The molecule has 0 bridgehead atoms. The number of amides is 1. The van der Waals surface area contributed by atoms with E-state index in [0.717, 1.165) is 0 Å². The predicted octanol–water partition coefficient (Wildman–Crippen LogP) is 1.19. The number of carbonyl (C=O) groups is 1. The minimum atomic E-state index is -0.830. The number of aliphatic hydroxyl groups is 1. The van der Waals surface area contributed by atoms with E-state index in [2.05, 4.69) is 25.2 Å². The van der Waals surface area contributed by atoms with Crippen LogP contribution in [-0.4, -0.2) is 70.0 Å². The maximum Gasteiger partial charge on any atom is 0.251 e. The second-order valence-corrected chi connectivity index (χ2v) is 8.08. The number of rotatable bonds is 4. The molecular weight excluding hydrogens is 386 g/mol. The second-order valence-electron chi connectivity index (χ2n) is 8.08. The van der Waals surface area contributed by atoms with Gasteiger partial charge in [0.05, 0.1) is 30.6 Å². The molecule has 2 fully saturated rings. The summed E-state index contributed by atoms with van der Waals surface area (Å²) in [6.07, 6.45) is 7.39. The highest BCUT2D eigenvalue weighted by Crippen LogP contribution is 2.40. The van der Waals surface area contributed by atoms with Gasteiger partial charge in [0.1, 0.15) is 6.10 Å². The van der Waals surface area contributed by atoms with Crippen molar-refractivity contribution in [3.63, 3.8) is 0 Å². The summed E-state index contributed by atoms with van der Waals surface area (Å²) in [6.45, 7) is 3.67. The van der Waals surface area contributed by atoms with Crippen molar-refractivity contribution in [3.8, 4) is 5.75 Å². The third-order valence-electron chi connectivity index (χ3n) is 6.20. The maximum absolute atomic E-state index is 12.7. The van der Waals surface area contributed by atoms with Crippen molar-refractivity contribution in [1.82, 2.24) is 20.3 Å². The molecule has 30 heavy (non-hydrogen) atoms. The molecule has 0 aromatic carbocycles. The highest BCUT2D eigenvalue weighted by Gasteiger charge is 2.54. The lowest BCUT2D eigenvalue weighted by Crippen LogP contribution is -2.69. The lowest BCUT2D eigenvalue weighted by atomic mass is 9.73. The molecular formula is C21H27N5O4. The van der Waals surface area contributed by atoms with Crippen LogP contribution in [0.5, 0.6) is 5.75 Å². The first-order chi connectivity index (χ1) is 14.5. The molecule has 2 atom stereocenters. The van der Waals surface area contributed by atoms with Gasteiger partial charge >= 0.3 is 0 Å². The third kappa shape index (κ3) is 3.82. The zero-order valence-electron chi connectivity index (χ0n) is 17.2. The second kappa shape index (κ2) is 8.16. The molecule has 0 saturated carbocycles. The predicted molar refractivity (Wildman–Crippen MR) is 109 cm³/mol. The average Bonchev–Trinajstić information content (AvgIpc) is 2.79. The fraction of sp³-hybridized carbons (Fsp3) is 0.524. The van der Waals surface area contributed by atoms with Crippen molar-refractivity contribution in [1.29, 1.82) is 0 Å². The van der Waals surface area contributed by atoms with Crippen LogP contribution in [0.4, 0.5) is 5.95 Å². The highest BCUT2D eigenvalue weighted by atomic mass is 16.5. The first-order valence-electron chi connectivity index (χ1n) is 10.1. The van der Waals surface area contributed by atoms with Gasteiger partial charge in [-0.25, -0.2) is 9.97 Å². The van der Waals surface area contributed by atoms with E-state index in [9.17, 15) is 9.90 Å². The van der Waals surface area contributed by atoms with Crippen molar-refractivity contribution in [3.05, 3.63) is 42.5 Å². The smallest absolute Gasteiger partial charge is 0.251 e. The lowest BCUT2D eigenvalue weighted by Gasteiger charge is -2.53. The Morgan fingerprint density at radius 3 is 2.53 bits per heavy atom. The number of anilines is 1. The summed E-state index contributed by atoms with van der Waals surface area (Å²) >= 11 is 0. The molecule has 0 unspecified atom stereocenters. The van der Waals surface area contributed by atoms with Gasteiger partial charge in [-0.3, -0.25) is 9.78 Å². The monoisotopic (exact) mass is 413 g/mol. The van der Waals surface area contributed by atoms with Gasteiger partial charge < -0.3 is 24.8 Å². The average molecular weight is 413 g/mol. The summed E-state index contributed by atoms with van der Waals surface area (Å²) < 4.78 is 11.2. The van der Waals surface area contributed by atoms with Crippen molar-refractivity contribution < 1.29 is 19.4 Å². The Balaban J connectivity index is 1.45. The summed E-state index contributed by atoms with van der Waals surface area (Å²) in [6, 6.07) is 3.32. The van der Waals surface area contributed by atoms with E-state index in [4.69, 9.17) is 9.47 Å². The third-order valence-corrected chi connectivity index (χ3v) is 6.20. The maximum atomic E-state index is 12.7. The van der Waals surface area contributed by atoms with Gasteiger partial charge in [0.2, 0.25) is 5.95 Å². The number of ether oxygens (including phenoxy) is 2. The fourth-order valence-corrected chi connectivity index (χ4v) is 4.31. The molecule has 2 aromatic rings. The number of aliphatic hydroxyl groups excluding tert-OH is 1. The Bertz CT molecular complexity index is 871. The zero-order chi connectivity index (χ0) is 21.2. The number of aromatic nitrogens is 3. The van der Waals surface area contributed by atoms with Gasteiger partial charge in [-0.15, -0.1) is 0 Å². The molecule has 2 saturated heterocycles. The van der Waals surface area contributed by atoms with Gasteiger partial charge in [-0.05, 0) is 38.3 Å². The molecule has 2 aliphatic rings. The molecule has 9 nitrogen and oxygen atoms in total. The molecule has 2 aromatic heterocycles. The van der Waals surface area contributed by atoms with E-state index >= 15 is 0 Å². The van der Waals surface area contributed by atoms with Crippen LogP contribution in [0.15, 0.2) is 36.9 Å². The van der Waals surface area contributed by atoms with Crippen LogP contribution < -0.4 is 15.0 Å². The first kappa shape index (κ1) is 20.5. The Morgan fingerprint density at radius 2 is 1.90 bits per heavy atom.